The number of rotatable bonds is 4. The Balaban J connectivity index is 3.51. The van der Waals surface area contributed by atoms with Gasteiger partial charge in [-0.1, -0.05) is 13.8 Å². The van der Waals surface area contributed by atoms with E-state index in [2.05, 4.69) is 0 Å². The number of halogens is 3. The van der Waals surface area contributed by atoms with Crippen LogP contribution in [-0.4, -0.2) is 31.2 Å². The lowest BCUT2D eigenvalue weighted by atomic mass is 10.2. The molecule has 1 nitrogen and oxygen atoms in total. The minimum absolute atomic E-state index is 0.0989. The quantitative estimate of drug-likeness (QED) is 0.647. The monoisotopic (exact) mass is 183 g/mol. The van der Waals surface area contributed by atoms with Crippen LogP contribution in [0.2, 0.25) is 0 Å². The van der Waals surface area contributed by atoms with Crippen molar-refractivity contribution in [3.05, 3.63) is 0 Å². The Kier molecular flexibility index (Phi) is 4.60. The summed E-state index contributed by atoms with van der Waals surface area (Å²) in [6.45, 7) is 4.80. The summed E-state index contributed by atoms with van der Waals surface area (Å²) in [5, 5.41) is 0. The van der Waals surface area contributed by atoms with Gasteiger partial charge in [-0.3, -0.25) is 0 Å². The van der Waals surface area contributed by atoms with Crippen molar-refractivity contribution in [2.24, 2.45) is 5.92 Å². The molecule has 0 aromatic heterocycles. The first-order valence-corrected chi connectivity index (χ1v) is 4.06. The molecule has 0 aliphatic heterocycles. The zero-order valence-corrected chi connectivity index (χ0v) is 7.78. The van der Waals surface area contributed by atoms with Crippen LogP contribution in [0, 0.1) is 5.92 Å². The second kappa shape index (κ2) is 4.70. The van der Waals surface area contributed by atoms with E-state index >= 15 is 0 Å². The summed E-state index contributed by atoms with van der Waals surface area (Å²) < 4.78 is 35.2. The molecule has 0 N–H and O–H groups in total. The van der Waals surface area contributed by atoms with E-state index in [1.54, 1.807) is 11.9 Å². The Morgan fingerprint density at radius 2 is 1.75 bits per heavy atom. The predicted molar refractivity (Wildman–Crippen MR) is 43.0 cm³/mol. The fourth-order valence-electron chi connectivity index (χ4n) is 1.03. The maximum absolute atomic E-state index is 11.7. The fraction of sp³-hybridized carbons (Fsp3) is 1.00. The van der Waals surface area contributed by atoms with E-state index in [9.17, 15) is 13.2 Å². The molecular formula is C8H16F3N. The van der Waals surface area contributed by atoms with Crippen LogP contribution in [0.15, 0.2) is 0 Å². The highest BCUT2D eigenvalue weighted by atomic mass is 19.4. The Bertz CT molecular complexity index is 120. The minimum Gasteiger partial charge on any atom is -0.306 e. The lowest BCUT2D eigenvalue weighted by Gasteiger charge is -2.19. The highest BCUT2D eigenvalue weighted by Gasteiger charge is 2.26. The molecule has 0 saturated carbocycles. The third-order valence-electron chi connectivity index (χ3n) is 1.45. The second-order valence-corrected chi connectivity index (χ2v) is 3.52. The molecule has 0 amide bonds. The predicted octanol–water partition coefficient (Wildman–Crippen LogP) is 2.53. The van der Waals surface area contributed by atoms with Crippen molar-refractivity contribution in [1.82, 2.24) is 4.90 Å². The van der Waals surface area contributed by atoms with Gasteiger partial charge < -0.3 is 4.90 Å². The standard InChI is InChI=1S/C8H16F3N/c1-7(2)6-12(3)5-4-8(9,10)11/h7H,4-6H2,1-3H3. The van der Waals surface area contributed by atoms with Crippen molar-refractivity contribution < 1.29 is 13.2 Å². The Morgan fingerprint density at radius 1 is 1.25 bits per heavy atom. The summed E-state index contributed by atoms with van der Waals surface area (Å²) in [5.41, 5.74) is 0. The van der Waals surface area contributed by atoms with E-state index in [1.165, 1.54) is 0 Å². The number of hydrogen-bond donors (Lipinski definition) is 0. The van der Waals surface area contributed by atoms with E-state index in [1.807, 2.05) is 13.8 Å². The lowest BCUT2D eigenvalue weighted by Crippen LogP contribution is -2.27. The molecule has 0 saturated heterocycles. The average molecular weight is 183 g/mol. The van der Waals surface area contributed by atoms with Crippen LogP contribution < -0.4 is 0 Å². The van der Waals surface area contributed by atoms with Gasteiger partial charge in [-0.2, -0.15) is 13.2 Å². The van der Waals surface area contributed by atoms with E-state index in [-0.39, 0.29) is 6.54 Å². The van der Waals surface area contributed by atoms with Crippen molar-refractivity contribution >= 4 is 0 Å². The van der Waals surface area contributed by atoms with Gasteiger partial charge in [-0.15, -0.1) is 0 Å². The number of hydrogen-bond acceptors (Lipinski definition) is 1. The van der Waals surface area contributed by atoms with Crippen LogP contribution in [0.25, 0.3) is 0 Å². The third kappa shape index (κ3) is 7.85. The molecule has 0 aliphatic rings. The Labute approximate surface area is 71.6 Å². The van der Waals surface area contributed by atoms with Gasteiger partial charge in [0.15, 0.2) is 0 Å². The zero-order valence-electron chi connectivity index (χ0n) is 7.78. The van der Waals surface area contributed by atoms with Gasteiger partial charge in [-0.05, 0) is 13.0 Å². The van der Waals surface area contributed by atoms with Gasteiger partial charge in [-0.25, -0.2) is 0 Å². The van der Waals surface area contributed by atoms with Crippen LogP contribution in [0.5, 0.6) is 0 Å². The average Bonchev–Trinajstić information content (AvgIpc) is 1.80. The smallest absolute Gasteiger partial charge is 0.306 e. The third-order valence-corrected chi connectivity index (χ3v) is 1.45. The molecule has 0 rings (SSSR count). The molecule has 0 unspecified atom stereocenters. The van der Waals surface area contributed by atoms with Gasteiger partial charge >= 0.3 is 6.18 Å². The van der Waals surface area contributed by atoms with Gasteiger partial charge in [0.1, 0.15) is 0 Å². The van der Waals surface area contributed by atoms with Gasteiger partial charge in [0.05, 0.1) is 6.42 Å². The molecule has 0 spiro atoms. The van der Waals surface area contributed by atoms with Crippen LogP contribution in [0.1, 0.15) is 20.3 Å². The first kappa shape index (κ1) is 11.8. The Hall–Kier alpha value is -0.250. The molecule has 0 fully saturated rings. The molecule has 12 heavy (non-hydrogen) atoms. The summed E-state index contributed by atoms with van der Waals surface area (Å²) in [7, 11) is 1.71. The first-order chi connectivity index (χ1) is 5.31. The van der Waals surface area contributed by atoms with Crippen LogP contribution in [0.3, 0.4) is 0 Å². The highest BCUT2D eigenvalue weighted by Crippen LogP contribution is 2.19. The molecule has 74 valence electrons. The molecule has 0 heterocycles. The largest absolute Gasteiger partial charge is 0.390 e. The van der Waals surface area contributed by atoms with E-state index in [0.717, 1.165) is 6.54 Å². The van der Waals surface area contributed by atoms with Crippen LogP contribution in [0.4, 0.5) is 13.2 Å². The van der Waals surface area contributed by atoms with Gasteiger partial charge in [0.25, 0.3) is 0 Å². The van der Waals surface area contributed by atoms with Crippen molar-refractivity contribution in [1.29, 1.82) is 0 Å². The lowest BCUT2D eigenvalue weighted by molar-refractivity contribution is -0.137. The molecule has 0 aromatic carbocycles. The minimum atomic E-state index is -4.02. The molecule has 4 heteroatoms. The molecule has 0 bridgehead atoms. The van der Waals surface area contributed by atoms with E-state index < -0.39 is 12.6 Å². The van der Waals surface area contributed by atoms with Crippen LogP contribution in [-0.2, 0) is 0 Å². The maximum Gasteiger partial charge on any atom is 0.390 e. The summed E-state index contributed by atoms with van der Waals surface area (Å²) in [6.07, 6.45) is -4.73. The summed E-state index contributed by atoms with van der Waals surface area (Å²) in [5.74, 6) is 0.420. The van der Waals surface area contributed by atoms with Crippen molar-refractivity contribution in [2.75, 3.05) is 20.1 Å². The highest BCUT2D eigenvalue weighted by molar-refractivity contribution is 4.58. The molecule has 0 aliphatic carbocycles. The summed E-state index contributed by atoms with van der Waals surface area (Å²) in [6, 6.07) is 0. The molecule has 0 atom stereocenters. The van der Waals surface area contributed by atoms with Crippen LogP contribution >= 0.6 is 0 Å². The summed E-state index contributed by atoms with van der Waals surface area (Å²) >= 11 is 0. The van der Waals surface area contributed by atoms with Gasteiger partial charge in [0.2, 0.25) is 0 Å². The topological polar surface area (TPSA) is 3.24 Å². The second-order valence-electron chi connectivity index (χ2n) is 3.52. The van der Waals surface area contributed by atoms with Crippen molar-refractivity contribution in [2.45, 2.75) is 26.4 Å². The molecule has 0 aromatic rings. The SMILES string of the molecule is CC(C)CN(C)CCC(F)(F)F. The Morgan fingerprint density at radius 3 is 2.08 bits per heavy atom. The van der Waals surface area contributed by atoms with Crippen molar-refractivity contribution in [3.8, 4) is 0 Å². The molecule has 0 radical (unpaired) electrons. The molecular weight excluding hydrogens is 167 g/mol. The van der Waals surface area contributed by atoms with E-state index in [4.69, 9.17) is 0 Å². The number of nitrogens with zero attached hydrogens (tertiary/aromatic N) is 1. The normalized spacial score (nSPS) is 13.0. The summed E-state index contributed by atoms with van der Waals surface area (Å²) in [4.78, 5) is 1.71. The van der Waals surface area contributed by atoms with Gasteiger partial charge in [0, 0.05) is 13.1 Å². The first-order valence-electron chi connectivity index (χ1n) is 4.06. The zero-order chi connectivity index (χ0) is 9.78. The number of alkyl halides is 3. The maximum atomic E-state index is 11.7. The fourth-order valence-corrected chi connectivity index (χ4v) is 1.03. The van der Waals surface area contributed by atoms with Crippen molar-refractivity contribution in [3.63, 3.8) is 0 Å². The van der Waals surface area contributed by atoms with E-state index in [0.29, 0.717) is 5.92 Å².